The van der Waals surface area contributed by atoms with E-state index < -0.39 is 0 Å². The highest BCUT2D eigenvalue weighted by Gasteiger charge is 2.28. The molecule has 0 radical (unpaired) electrons. The van der Waals surface area contributed by atoms with Gasteiger partial charge in [-0.05, 0) is 23.6 Å². The Morgan fingerprint density at radius 3 is 2.40 bits per heavy atom. The first-order valence-electron chi connectivity index (χ1n) is 4.96. The number of rotatable bonds is 2. The molecule has 1 aromatic rings. The Morgan fingerprint density at radius 1 is 1.20 bits per heavy atom. The number of methoxy groups -OCH3 is 2. The zero-order valence-corrected chi connectivity index (χ0v) is 9.16. The molecule has 1 aliphatic carbocycles. The third-order valence-electron chi connectivity index (χ3n) is 2.88. The maximum absolute atomic E-state index is 11.6. The summed E-state index contributed by atoms with van der Waals surface area (Å²) >= 11 is 0. The molecule has 3 nitrogen and oxygen atoms in total. The van der Waals surface area contributed by atoms with Crippen molar-refractivity contribution in [2.24, 2.45) is 0 Å². The van der Waals surface area contributed by atoms with Crippen LogP contribution in [0.25, 0.3) is 0 Å². The number of Topliss-reactive ketones (excluding diaryl/α,β-unsaturated/α-hetero) is 1. The summed E-state index contributed by atoms with van der Waals surface area (Å²) in [5.74, 6) is 1.79. The van der Waals surface area contributed by atoms with Crippen molar-refractivity contribution >= 4 is 5.78 Å². The highest BCUT2D eigenvalue weighted by molar-refractivity contribution is 6.02. The Balaban J connectivity index is 2.58. The largest absolute Gasteiger partial charge is 0.493 e. The molecule has 0 heterocycles. The van der Waals surface area contributed by atoms with Crippen LogP contribution in [0, 0.1) is 0 Å². The summed E-state index contributed by atoms with van der Waals surface area (Å²) in [5, 5.41) is 0. The number of hydrogen-bond donors (Lipinski definition) is 0. The minimum atomic E-state index is 0.193. The first-order valence-corrected chi connectivity index (χ1v) is 4.96. The number of fused-ring (bicyclic) bond motifs is 1. The number of carbonyl (C=O) groups is 1. The summed E-state index contributed by atoms with van der Waals surface area (Å²) in [5.41, 5.74) is 1.85. The van der Waals surface area contributed by atoms with E-state index in [9.17, 15) is 4.79 Å². The van der Waals surface area contributed by atoms with Gasteiger partial charge in [0.25, 0.3) is 0 Å². The Labute approximate surface area is 89.0 Å². The van der Waals surface area contributed by atoms with Crippen molar-refractivity contribution in [3.05, 3.63) is 23.3 Å². The molecule has 1 aliphatic rings. The molecule has 0 unspecified atom stereocenters. The molecular formula is C12H14O3. The number of benzene rings is 1. The minimum Gasteiger partial charge on any atom is -0.493 e. The average Bonchev–Trinajstić information content (AvgIpc) is 2.52. The zero-order chi connectivity index (χ0) is 11.0. The van der Waals surface area contributed by atoms with Gasteiger partial charge in [-0.3, -0.25) is 4.79 Å². The Bertz CT molecular complexity index is 410. The molecule has 0 spiro atoms. The molecule has 2 rings (SSSR count). The summed E-state index contributed by atoms with van der Waals surface area (Å²) in [4.78, 5) is 11.6. The van der Waals surface area contributed by atoms with Gasteiger partial charge in [0.2, 0.25) is 0 Å². The highest BCUT2D eigenvalue weighted by Crippen LogP contribution is 2.39. The summed E-state index contributed by atoms with van der Waals surface area (Å²) < 4.78 is 10.4. The van der Waals surface area contributed by atoms with Crippen molar-refractivity contribution < 1.29 is 14.3 Å². The predicted octanol–water partition coefficient (Wildman–Crippen LogP) is 2.39. The van der Waals surface area contributed by atoms with Crippen LogP contribution >= 0.6 is 0 Å². The van der Waals surface area contributed by atoms with Crippen molar-refractivity contribution in [2.75, 3.05) is 14.2 Å². The van der Waals surface area contributed by atoms with E-state index >= 15 is 0 Å². The number of hydrogen-bond acceptors (Lipinski definition) is 3. The zero-order valence-electron chi connectivity index (χ0n) is 9.16. The van der Waals surface area contributed by atoms with Crippen LogP contribution in [0.3, 0.4) is 0 Å². The topological polar surface area (TPSA) is 35.5 Å². The van der Waals surface area contributed by atoms with Crippen molar-refractivity contribution in [2.45, 2.75) is 19.3 Å². The van der Waals surface area contributed by atoms with Crippen LogP contribution in [-0.4, -0.2) is 20.0 Å². The molecule has 0 saturated carbocycles. The predicted molar refractivity (Wildman–Crippen MR) is 56.9 cm³/mol. The van der Waals surface area contributed by atoms with Crippen LogP contribution in [0.2, 0.25) is 0 Å². The van der Waals surface area contributed by atoms with Crippen LogP contribution in [0.1, 0.15) is 35.2 Å². The van der Waals surface area contributed by atoms with Gasteiger partial charge in [0.05, 0.1) is 14.2 Å². The van der Waals surface area contributed by atoms with E-state index in [1.54, 1.807) is 20.3 Å². The second-order valence-corrected chi connectivity index (χ2v) is 3.82. The van der Waals surface area contributed by atoms with Crippen molar-refractivity contribution in [1.29, 1.82) is 0 Å². The summed E-state index contributed by atoms with van der Waals surface area (Å²) in [7, 11) is 3.18. The van der Waals surface area contributed by atoms with Crippen LogP contribution in [0.4, 0.5) is 0 Å². The third kappa shape index (κ3) is 1.48. The maximum Gasteiger partial charge on any atom is 0.163 e. The summed E-state index contributed by atoms with van der Waals surface area (Å²) in [6, 6.07) is 3.68. The molecule has 80 valence electrons. The van der Waals surface area contributed by atoms with Crippen molar-refractivity contribution in [1.82, 2.24) is 0 Å². The molecule has 15 heavy (non-hydrogen) atoms. The summed E-state index contributed by atoms with van der Waals surface area (Å²) in [6.07, 6.45) is 0.589. The van der Waals surface area contributed by atoms with E-state index in [2.05, 4.69) is 6.92 Å². The Kier molecular flexibility index (Phi) is 2.39. The lowest BCUT2D eigenvalue weighted by atomic mass is 10.0. The van der Waals surface area contributed by atoms with E-state index in [0.717, 1.165) is 11.1 Å². The molecule has 0 bridgehead atoms. The van der Waals surface area contributed by atoms with Gasteiger partial charge in [-0.15, -0.1) is 0 Å². The smallest absolute Gasteiger partial charge is 0.163 e. The summed E-state index contributed by atoms with van der Waals surface area (Å²) in [6.45, 7) is 2.05. The van der Waals surface area contributed by atoms with Crippen LogP contribution in [0.5, 0.6) is 11.5 Å². The Hall–Kier alpha value is -1.51. The average molecular weight is 206 g/mol. The second-order valence-electron chi connectivity index (χ2n) is 3.82. The molecule has 0 saturated heterocycles. The van der Waals surface area contributed by atoms with Gasteiger partial charge in [-0.25, -0.2) is 0 Å². The van der Waals surface area contributed by atoms with Gasteiger partial charge >= 0.3 is 0 Å². The van der Waals surface area contributed by atoms with E-state index in [0.29, 0.717) is 17.9 Å². The molecule has 0 aromatic heterocycles. The van der Waals surface area contributed by atoms with Gasteiger partial charge in [0.1, 0.15) is 0 Å². The minimum absolute atomic E-state index is 0.193. The van der Waals surface area contributed by atoms with Crippen molar-refractivity contribution in [3.63, 3.8) is 0 Å². The van der Waals surface area contributed by atoms with Gasteiger partial charge < -0.3 is 9.47 Å². The molecular weight excluding hydrogens is 192 g/mol. The SMILES string of the molecule is COc1cc2c(cc1OC)[C@H](C)CC2=O. The molecule has 1 atom stereocenters. The van der Waals surface area contributed by atoms with Crippen LogP contribution in [0.15, 0.2) is 12.1 Å². The quantitative estimate of drug-likeness (QED) is 0.745. The number of ketones is 1. The molecule has 3 heteroatoms. The van der Waals surface area contributed by atoms with E-state index in [-0.39, 0.29) is 11.7 Å². The van der Waals surface area contributed by atoms with Crippen molar-refractivity contribution in [3.8, 4) is 11.5 Å². The Morgan fingerprint density at radius 2 is 1.80 bits per heavy atom. The van der Waals surface area contributed by atoms with E-state index in [4.69, 9.17) is 9.47 Å². The monoisotopic (exact) mass is 206 g/mol. The molecule has 1 aromatic carbocycles. The molecule has 0 N–H and O–H groups in total. The van der Waals surface area contributed by atoms with Gasteiger partial charge in [-0.2, -0.15) is 0 Å². The first-order chi connectivity index (χ1) is 7.17. The third-order valence-corrected chi connectivity index (χ3v) is 2.88. The van der Waals surface area contributed by atoms with E-state index in [1.807, 2.05) is 6.07 Å². The number of carbonyl (C=O) groups excluding carboxylic acids is 1. The standard InChI is InChI=1S/C12H14O3/c1-7-4-10(13)9-6-12(15-3)11(14-2)5-8(7)9/h5-7H,4H2,1-3H3/t7-/m1/s1. The van der Waals surface area contributed by atoms with E-state index in [1.165, 1.54) is 0 Å². The lowest BCUT2D eigenvalue weighted by molar-refractivity contribution is 0.0990. The molecule has 0 fully saturated rings. The van der Waals surface area contributed by atoms with Gasteiger partial charge in [-0.1, -0.05) is 6.92 Å². The fourth-order valence-corrected chi connectivity index (χ4v) is 2.04. The maximum atomic E-state index is 11.6. The first kappa shape index (κ1) is 10.0. The lowest BCUT2D eigenvalue weighted by Gasteiger charge is -2.10. The van der Waals surface area contributed by atoms with Crippen LogP contribution < -0.4 is 9.47 Å². The lowest BCUT2D eigenvalue weighted by Crippen LogP contribution is -1.96. The normalized spacial score (nSPS) is 18.9. The van der Waals surface area contributed by atoms with Crippen LogP contribution in [-0.2, 0) is 0 Å². The van der Waals surface area contributed by atoms with Gasteiger partial charge in [0, 0.05) is 12.0 Å². The van der Waals surface area contributed by atoms with Gasteiger partial charge in [0.15, 0.2) is 17.3 Å². The molecule has 0 amide bonds. The number of ether oxygens (including phenoxy) is 2. The fourth-order valence-electron chi connectivity index (χ4n) is 2.04. The fraction of sp³-hybridized carbons (Fsp3) is 0.417. The highest BCUT2D eigenvalue weighted by atomic mass is 16.5. The second kappa shape index (κ2) is 3.57. The molecule has 0 aliphatic heterocycles.